The first-order valence-corrected chi connectivity index (χ1v) is 8.96. The second kappa shape index (κ2) is 6.88. The van der Waals surface area contributed by atoms with Crippen LogP contribution in [0.4, 0.5) is 0 Å². The highest BCUT2D eigenvalue weighted by atomic mass is 16.5. The van der Waals surface area contributed by atoms with Crippen molar-refractivity contribution >= 4 is 0 Å². The summed E-state index contributed by atoms with van der Waals surface area (Å²) in [6.45, 7) is 2.37. The van der Waals surface area contributed by atoms with Gasteiger partial charge in [-0.05, 0) is 48.4 Å². The number of ether oxygens (including phenoxy) is 2. The summed E-state index contributed by atoms with van der Waals surface area (Å²) in [5.41, 5.74) is 4.07. The fraction of sp³-hybridized carbons (Fsp3) is 0.217. The predicted octanol–water partition coefficient (Wildman–Crippen LogP) is 4.72. The van der Waals surface area contributed by atoms with Crippen molar-refractivity contribution in [3.05, 3.63) is 82.9 Å². The number of hydrogen-bond acceptors (Lipinski definition) is 4. The van der Waals surface area contributed by atoms with E-state index in [0.717, 1.165) is 33.8 Å². The standard InChI is InChI=1S/C23H22O4/c1-14-21(25)12-11-19-22(16-5-9-18(26-2)10-6-16)20(13-27-23(14)19)15-3-7-17(24)8-4-15/h3-12,20,22,24-25H,13H2,1-2H3/t20-,22-/m1/s1. The molecule has 0 aliphatic carbocycles. The van der Waals surface area contributed by atoms with Crippen LogP contribution in [0.2, 0.25) is 0 Å². The SMILES string of the molecule is COc1ccc([C@@H]2c3ccc(O)c(C)c3OC[C@@H]2c2ccc(O)cc2)cc1. The van der Waals surface area contributed by atoms with Crippen LogP contribution in [0.1, 0.15) is 34.1 Å². The van der Waals surface area contributed by atoms with E-state index in [1.54, 1.807) is 25.3 Å². The Morgan fingerprint density at radius 2 is 1.56 bits per heavy atom. The molecule has 1 aliphatic rings. The summed E-state index contributed by atoms with van der Waals surface area (Å²) in [5, 5.41) is 19.7. The zero-order valence-corrected chi connectivity index (χ0v) is 15.3. The molecular weight excluding hydrogens is 340 g/mol. The van der Waals surface area contributed by atoms with Gasteiger partial charge in [-0.15, -0.1) is 0 Å². The smallest absolute Gasteiger partial charge is 0.129 e. The molecule has 138 valence electrons. The molecule has 0 aromatic heterocycles. The van der Waals surface area contributed by atoms with Gasteiger partial charge in [0.25, 0.3) is 0 Å². The maximum atomic E-state index is 10.1. The highest BCUT2D eigenvalue weighted by Crippen LogP contribution is 2.48. The summed E-state index contributed by atoms with van der Waals surface area (Å²) in [6.07, 6.45) is 0. The molecule has 0 unspecified atom stereocenters. The molecular formula is C23H22O4. The maximum Gasteiger partial charge on any atom is 0.129 e. The number of aromatic hydroxyl groups is 2. The molecule has 3 aromatic carbocycles. The van der Waals surface area contributed by atoms with E-state index in [0.29, 0.717) is 6.61 Å². The molecule has 27 heavy (non-hydrogen) atoms. The van der Waals surface area contributed by atoms with Crippen LogP contribution in [-0.2, 0) is 0 Å². The summed E-state index contributed by atoms with van der Waals surface area (Å²) in [4.78, 5) is 0. The van der Waals surface area contributed by atoms with E-state index < -0.39 is 0 Å². The van der Waals surface area contributed by atoms with E-state index in [-0.39, 0.29) is 23.3 Å². The van der Waals surface area contributed by atoms with E-state index in [2.05, 4.69) is 12.1 Å². The average molecular weight is 362 g/mol. The van der Waals surface area contributed by atoms with Gasteiger partial charge in [0.05, 0.1) is 13.7 Å². The highest BCUT2D eigenvalue weighted by molar-refractivity contribution is 5.55. The fourth-order valence-corrected chi connectivity index (χ4v) is 3.86. The number of benzene rings is 3. The van der Waals surface area contributed by atoms with Crippen molar-refractivity contribution in [2.75, 3.05) is 13.7 Å². The molecule has 4 rings (SSSR count). The summed E-state index contributed by atoms with van der Waals surface area (Å²) in [5.74, 6) is 2.22. The van der Waals surface area contributed by atoms with Gasteiger partial charge in [-0.2, -0.15) is 0 Å². The molecule has 2 N–H and O–H groups in total. The van der Waals surface area contributed by atoms with Gasteiger partial charge in [0.1, 0.15) is 23.0 Å². The highest BCUT2D eigenvalue weighted by Gasteiger charge is 2.34. The zero-order chi connectivity index (χ0) is 19.0. The van der Waals surface area contributed by atoms with Gasteiger partial charge >= 0.3 is 0 Å². The van der Waals surface area contributed by atoms with E-state index >= 15 is 0 Å². The fourth-order valence-electron chi connectivity index (χ4n) is 3.86. The topological polar surface area (TPSA) is 58.9 Å². The summed E-state index contributed by atoms with van der Waals surface area (Å²) in [7, 11) is 1.66. The Hall–Kier alpha value is -3.14. The third kappa shape index (κ3) is 3.08. The average Bonchev–Trinajstić information content (AvgIpc) is 2.71. The monoisotopic (exact) mass is 362 g/mol. The van der Waals surface area contributed by atoms with Crippen molar-refractivity contribution in [2.24, 2.45) is 0 Å². The first-order chi connectivity index (χ1) is 13.1. The molecule has 4 nitrogen and oxygen atoms in total. The van der Waals surface area contributed by atoms with Gasteiger partial charge in [-0.25, -0.2) is 0 Å². The molecule has 2 atom stereocenters. The summed E-state index contributed by atoms with van der Waals surface area (Å²) >= 11 is 0. The largest absolute Gasteiger partial charge is 0.508 e. The Morgan fingerprint density at radius 1 is 0.889 bits per heavy atom. The molecule has 4 heteroatoms. The number of methoxy groups -OCH3 is 1. The first-order valence-electron chi connectivity index (χ1n) is 8.96. The number of rotatable bonds is 3. The minimum atomic E-state index is 0.0727. The van der Waals surface area contributed by atoms with Crippen LogP contribution in [0.25, 0.3) is 0 Å². The van der Waals surface area contributed by atoms with Crippen molar-refractivity contribution in [3.63, 3.8) is 0 Å². The minimum Gasteiger partial charge on any atom is -0.508 e. The normalized spacial score (nSPS) is 18.4. The second-order valence-electron chi connectivity index (χ2n) is 6.89. The van der Waals surface area contributed by atoms with E-state index in [1.165, 1.54) is 0 Å². The van der Waals surface area contributed by atoms with Crippen molar-refractivity contribution < 1.29 is 19.7 Å². The molecule has 0 fully saturated rings. The van der Waals surface area contributed by atoms with Gasteiger partial charge in [-0.3, -0.25) is 0 Å². The lowest BCUT2D eigenvalue weighted by molar-refractivity contribution is 0.245. The van der Waals surface area contributed by atoms with Crippen LogP contribution in [0.5, 0.6) is 23.0 Å². The van der Waals surface area contributed by atoms with Crippen LogP contribution in [0.3, 0.4) is 0 Å². The van der Waals surface area contributed by atoms with Crippen LogP contribution < -0.4 is 9.47 Å². The Labute approximate surface area is 158 Å². The lowest BCUT2D eigenvalue weighted by Gasteiger charge is -2.35. The van der Waals surface area contributed by atoms with Gasteiger partial charge in [0, 0.05) is 23.0 Å². The zero-order valence-electron chi connectivity index (χ0n) is 15.3. The van der Waals surface area contributed by atoms with E-state index in [1.807, 2.05) is 37.3 Å². The quantitative estimate of drug-likeness (QED) is 0.708. The lowest BCUT2D eigenvalue weighted by atomic mass is 9.75. The molecule has 0 saturated carbocycles. The van der Waals surface area contributed by atoms with Gasteiger partial charge < -0.3 is 19.7 Å². The molecule has 3 aromatic rings. The molecule has 0 radical (unpaired) electrons. The maximum absolute atomic E-state index is 10.1. The molecule has 0 bridgehead atoms. The number of hydrogen-bond donors (Lipinski definition) is 2. The second-order valence-corrected chi connectivity index (χ2v) is 6.89. The molecule has 0 amide bonds. The third-order valence-corrected chi connectivity index (χ3v) is 5.35. The number of phenols is 2. The Kier molecular flexibility index (Phi) is 4.40. The molecule has 0 spiro atoms. The predicted molar refractivity (Wildman–Crippen MR) is 104 cm³/mol. The van der Waals surface area contributed by atoms with Crippen molar-refractivity contribution in [1.82, 2.24) is 0 Å². The van der Waals surface area contributed by atoms with Crippen LogP contribution in [0.15, 0.2) is 60.7 Å². The number of phenolic OH excluding ortho intramolecular Hbond substituents is 2. The number of fused-ring (bicyclic) bond motifs is 1. The molecule has 1 heterocycles. The van der Waals surface area contributed by atoms with Crippen molar-refractivity contribution in [2.45, 2.75) is 18.8 Å². The Balaban J connectivity index is 1.85. The van der Waals surface area contributed by atoms with Crippen LogP contribution in [-0.4, -0.2) is 23.9 Å². The van der Waals surface area contributed by atoms with E-state index in [4.69, 9.17) is 9.47 Å². The lowest BCUT2D eigenvalue weighted by Crippen LogP contribution is -2.25. The van der Waals surface area contributed by atoms with E-state index in [9.17, 15) is 10.2 Å². The first kappa shape index (κ1) is 17.3. The Morgan fingerprint density at radius 3 is 2.22 bits per heavy atom. The van der Waals surface area contributed by atoms with Crippen LogP contribution >= 0.6 is 0 Å². The summed E-state index contributed by atoms with van der Waals surface area (Å²) in [6, 6.07) is 19.1. The van der Waals surface area contributed by atoms with Crippen molar-refractivity contribution in [3.8, 4) is 23.0 Å². The minimum absolute atomic E-state index is 0.0727. The van der Waals surface area contributed by atoms with Crippen LogP contribution in [0, 0.1) is 6.92 Å². The van der Waals surface area contributed by atoms with Gasteiger partial charge in [0.2, 0.25) is 0 Å². The van der Waals surface area contributed by atoms with Crippen molar-refractivity contribution in [1.29, 1.82) is 0 Å². The Bertz CT molecular complexity index is 945. The molecule has 0 saturated heterocycles. The third-order valence-electron chi connectivity index (χ3n) is 5.35. The van der Waals surface area contributed by atoms with Gasteiger partial charge in [0.15, 0.2) is 0 Å². The van der Waals surface area contributed by atoms with Gasteiger partial charge in [-0.1, -0.05) is 30.3 Å². The molecule has 1 aliphatic heterocycles. The summed E-state index contributed by atoms with van der Waals surface area (Å²) < 4.78 is 11.4.